The summed E-state index contributed by atoms with van der Waals surface area (Å²) < 4.78 is 0. The average Bonchev–Trinajstić information content (AvgIpc) is 2.09. The van der Waals surface area contributed by atoms with Gasteiger partial charge in [-0.15, -0.1) is 0 Å². The summed E-state index contributed by atoms with van der Waals surface area (Å²) in [5, 5.41) is 4.15. The predicted octanol–water partition coefficient (Wildman–Crippen LogP) is -2.57. The third-order valence-electron chi connectivity index (χ3n) is 1.03. The number of amides is 3. The third-order valence-corrected chi connectivity index (χ3v) is 1.03. The van der Waals surface area contributed by atoms with Gasteiger partial charge < -0.3 is 16.8 Å². The molecular formula is C4H7N5O2. The summed E-state index contributed by atoms with van der Waals surface area (Å²) in [5.41, 5.74) is 9.95. The first-order valence-corrected chi connectivity index (χ1v) is 2.79. The predicted molar refractivity (Wildman–Crippen MR) is 36.3 cm³/mol. The first-order chi connectivity index (χ1) is 5.09. The summed E-state index contributed by atoms with van der Waals surface area (Å²) in [6.07, 6.45) is -0.979. The van der Waals surface area contributed by atoms with Gasteiger partial charge in [0.2, 0.25) is 6.17 Å². The number of nitrogens with two attached hydrogens (primary N) is 2. The molecule has 0 radical (unpaired) electrons. The zero-order valence-corrected chi connectivity index (χ0v) is 5.50. The summed E-state index contributed by atoms with van der Waals surface area (Å²) in [5.74, 6) is -0.796. The van der Waals surface area contributed by atoms with Gasteiger partial charge in [-0.25, -0.2) is 9.79 Å². The number of nitrogens with zero attached hydrogens (tertiary/aromatic N) is 1. The molecule has 1 aliphatic rings. The summed E-state index contributed by atoms with van der Waals surface area (Å²) in [4.78, 5) is 24.6. The van der Waals surface area contributed by atoms with Crippen LogP contribution in [0.25, 0.3) is 0 Å². The number of hydrogen-bond donors (Lipinski definition) is 4. The number of nitrogens with one attached hydrogen (secondary N) is 2. The molecule has 3 amide bonds. The topological polar surface area (TPSA) is 123 Å². The normalized spacial score (nSPS) is 22.4. The average molecular weight is 157 g/mol. The summed E-state index contributed by atoms with van der Waals surface area (Å²) in [7, 11) is 0. The summed E-state index contributed by atoms with van der Waals surface area (Å²) in [6.45, 7) is 0. The highest BCUT2D eigenvalue weighted by Crippen LogP contribution is 1.92. The van der Waals surface area contributed by atoms with Crippen LogP contribution in [0, 0.1) is 0 Å². The van der Waals surface area contributed by atoms with Gasteiger partial charge in [0.25, 0.3) is 5.91 Å². The Morgan fingerprint density at radius 1 is 1.45 bits per heavy atom. The highest BCUT2D eigenvalue weighted by molar-refractivity contribution is 6.04. The van der Waals surface area contributed by atoms with Crippen molar-refractivity contribution in [2.75, 3.05) is 0 Å². The molecule has 60 valence electrons. The number of carbonyl (C=O) groups is 2. The lowest BCUT2D eigenvalue weighted by molar-refractivity contribution is -0.120. The summed E-state index contributed by atoms with van der Waals surface area (Å²) >= 11 is 0. The molecule has 0 unspecified atom stereocenters. The molecule has 11 heavy (non-hydrogen) atoms. The second-order valence-electron chi connectivity index (χ2n) is 1.92. The Hall–Kier alpha value is -1.79. The molecule has 1 heterocycles. The van der Waals surface area contributed by atoms with Gasteiger partial charge in [0.15, 0.2) is 5.96 Å². The molecule has 0 aromatic rings. The van der Waals surface area contributed by atoms with E-state index in [0.29, 0.717) is 0 Å². The van der Waals surface area contributed by atoms with E-state index in [4.69, 9.17) is 11.5 Å². The smallest absolute Gasteiger partial charge is 0.323 e. The number of hydrogen-bond acceptors (Lipinski definition) is 3. The van der Waals surface area contributed by atoms with E-state index in [9.17, 15) is 9.59 Å². The fourth-order valence-corrected chi connectivity index (χ4v) is 0.646. The number of aliphatic imine (C=N–C) groups is 1. The van der Waals surface area contributed by atoms with Crippen LogP contribution < -0.4 is 22.1 Å². The third kappa shape index (κ3) is 1.57. The van der Waals surface area contributed by atoms with Crippen molar-refractivity contribution < 1.29 is 9.59 Å². The van der Waals surface area contributed by atoms with Gasteiger partial charge in [-0.2, -0.15) is 0 Å². The molecule has 0 aromatic carbocycles. The minimum atomic E-state index is -0.979. The highest BCUT2D eigenvalue weighted by atomic mass is 16.2. The van der Waals surface area contributed by atoms with Crippen molar-refractivity contribution >= 4 is 17.9 Å². The largest absolute Gasteiger partial charge is 0.370 e. The zero-order chi connectivity index (χ0) is 8.43. The van der Waals surface area contributed by atoms with Crippen molar-refractivity contribution in [3.8, 4) is 0 Å². The molecule has 1 fully saturated rings. The highest BCUT2D eigenvalue weighted by Gasteiger charge is 2.28. The number of urea groups is 1. The molecule has 1 aliphatic heterocycles. The molecule has 1 rings (SSSR count). The maximum atomic E-state index is 10.7. The molecule has 0 saturated carbocycles. The molecule has 7 heteroatoms. The van der Waals surface area contributed by atoms with Crippen LogP contribution in [0.5, 0.6) is 0 Å². The van der Waals surface area contributed by atoms with E-state index in [-0.39, 0.29) is 5.96 Å². The van der Waals surface area contributed by atoms with Gasteiger partial charge in [-0.3, -0.25) is 10.1 Å². The first-order valence-electron chi connectivity index (χ1n) is 2.79. The molecule has 0 aromatic heterocycles. The number of imide groups is 1. The van der Waals surface area contributed by atoms with Gasteiger partial charge in [-0.05, 0) is 0 Å². The van der Waals surface area contributed by atoms with Crippen molar-refractivity contribution in [2.24, 2.45) is 16.5 Å². The van der Waals surface area contributed by atoms with Crippen LogP contribution in [0.1, 0.15) is 0 Å². The lowest BCUT2D eigenvalue weighted by Crippen LogP contribution is -2.33. The van der Waals surface area contributed by atoms with Crippen LogP contribution in [0.3, 0.4) is 0 Å². The second kappa shape index (κ2) is 2.45. The number of rotatable bonds is 1. The monoisotopic (exact) mass is 157 g/mol. The van der Waals surface area contributed by atoms with Gasteiger partial charge in [0.1, 0.15) is 0 Å². The minimum Gasteiger partial charge on any atom is -0.370 e. The van der Waals surface area contributed by atoms with Crippen LogP contribution in [-0.2, 0) is 4.79 Å². The molecule has 6 N–H and O–H groups in total. The van der Waals surface area contributed by atoms with E-state index < -0.39 is 18.1 Å². The Morgan fingerprint density at radius 2 is 2.09 bits per heavy atom. The fraction of sp³-hybridized carbons (Fsp3) is 0.250. The maximum absolute atomic E-state index is 10.7. The molecule has 7 nitrogen and oxygen atoms in total. The fourth-order valence-electron chi connectivity index (χ4n) is 0.646. The van der Waals surface area contributed by atoms with E-state index in [2.05, 4.69) is 10.3 Å². The Bertz CT molecular complexity index is 231. The number of carbonyl (C=O) groups excluding carboxylic acids is 2. The van der Waals surface area contributed by atoms with Crippen molar-refractivity contribution in [1.29, 1.82) is 0 Å². The van der Waals surface area contributed by atoms with E-state index in [0.717, 1.165) is 0 Å². The molecule has 0 aliphatic carbocycles. The van der Waals surface area contributed by atoms with Crippen LogP contribution >= 0.6 is 0 Å². The van der Waals surface area contributed by atoms with E-state index in [1.807, 2.05) is 5.32 Å². The molecular weight excluding hydrogens is 150 g/mol. The number of guanidine groups is 1. The van der Waals surface area contributed by atoms with Crippen molar-refractivity contribution in [1.82, 2.24) is 10.6 Å². The standard InChI is InChI=1S/C4H7N5O2/c5-3(6)7-1-2(10)9-4(11)8-1/h1H,(H4,5,6,7)(H2,8,9,10,11)/t1-/m0/s1. The second-order valence-corrected chi connectivity index (χ2v) is 1.92. The maximum Gasteiger partial charge on any atom is 0.323 e. The molecule has 1 saturated heterocycles. The van der Waals surface area contributed by atoms with Crippen LogP contribution in [-0.4, -0.2) is 24.1 Å². The van der Waals surface area contributed by atoms with Crippen molar-refractivity contribution in [3.63, 3.8) is 0 Å². The Morgan fingerprint density at radius 3 is 2.45 bits per heavy atom. The quantitative estimate of drug-likeness (QED) is 0.190. The van der Waals surface area contributed by atoms with E-state index >= 15 is 0 Å². The van der Waals surface area contributed by atoms with Gasteiger partial charge in [0.05, 0.1) is 0 Å². The van der Waals surface area contributed by atoms with Gasteiger partial charge in [-0.1, -0.05) is 0 Å². The van der Waals surface area contributed by atoms with Crippen LogP contribution in [0.4, 0.5) is 4.79 Å². The lowest BCUT2D eigenvalue weighted by atomic mass is 10.5. The Labute approximate surface area is 61.8 Å². The Kier molecular flexibility index (Phi) is 1.63. The minimum absolute atomic E-state index is 0.243. The first kappa shape index (κ1) is 7.32. The van der Waals surface area contributed by atoms with Crippen LogP contribution in [0.15, 0.2) is 4.99 Å². The SMILES string of the molecule is NC(N)=N[C@H]1NC(=O)NC1=O. The summed E-state index contributed by atoms with van der Waals surface area (Å²) in [6, 6.07) is -0.593. The van der Waals surface area contributed by atoms with Gasteiger partial charge in [0, 0.05) is 0 Å². The Balaban J connectivity index is 2.68. The molecule has 0 spiro atoms. The van der Waals surface area contributed by atoms with Crippen molar-refractivity contribution in [3.05, 3.63) is 0 Å². The van der Waals surface area contributed by atoms with Crippen LogP contribution in [0.2, 0.25) is 0 Å². The van der Waals surface area contributed by atoms with Crippen molar-refractivity contribution in [2.45, 2.75) is 6.17 Å². The lowest BCUT2D eigenvalue weighted by Gasteiger charge is -1.98. The van der Waals surface area contributed by atoms with E-state index in [1.54, 1.807) is 0 Å². The molecule has 0 bridgehead atoms. The molecule has 1 atom stereocenters. The van der Waals surface area contributed by atoms with E-state index in [1.165, 1.54) is 0 Å². The van der Waals surface area contributed by atoms with Gasteiger partial charge >= 0.3 is 6.03 Å². The zero-order valence-electron chi connectivity index (χ0n) is 5.50.